The zero-order valence-electron chi connectivity index (χ0n) is 12.2. The molecule has 2 aromatic rings. The largest absolute Gasteiger partial charge is 0.350 e. The second-order valence-corrected chi connectivity index (χ2v) is 6.02. The Morgan fingerprint density at radius 3 is 2.40 bits per heavy atom. The van der Waals surface area contributed by atoms with Crippen molar-refractivity contribution in [3.63, 3.8) is 0 Å². The highest BCUT2D eigenvalue weighted by Gasteiger charge is 2.14. The van der Waals surface area contributed by atoms with Gasteiger partial charge in [0.1, 0.15) is 5.69 Å². The Balaban J connectivity index is 2.16. The molecule has 3 heteroatoms. The smallest absolute Gasteiger partial charge is 0.269 e. The molecule has 1 aromatic carbocycles. The molecule has 0 atom stereocenters. The number of amides is 1. The van der Waals surface area contributed by atoms with Gasteiger partial charge in [0.25, 0.3) is 5.91 Å². The number of benzene rings is 1. The van der Waals surface area contributed by atoms with E-state index in [0.29, 0.717) is 12.2 Å². The van der Waals surface area contributed by atoms with Crippen LogP contribution in [0.2, 0.25) is 0 Å². The van der Waals surface area contributed by atoms with Gasteiger partial charge in [0.05, 0.1) is 5.69 Å². The second kappa shape index (κ2) is 5.87. The molecule has 0 aliphatic carbocycles. The van der Waals surface area contributed by atoms with Crippen LogP contribution in [0, 0.1) is 5.41 Å². The fourth-order valence-electron chi connectivity index (χ4n) is 1.77. The Kier molecular flexibility index (Phi) is 4.18. The highest BCUT2D eigenvalue weighted by molar-refractivity contribution is 5.92. The molecular weight excluding hydrogens is 248 g/mol. The van der Waals surface area contributed by atoms with Crippen LogP contribution in [0.15, 0.2) is 48.5 Å². The van der Waals surface area contributed by atoms with Crippen molar-refractivity contribution in [2.75, 3.05) is 6.54 Å². The SMILES string of the molecule is CC(C)(C)CNC(=O)c1cccc(-c2ccccc2)n1. The summed E-state index contributed by atoms with van der Waals surface area (Å²) in [5.41, 5.74) is 2.34. The molecule has 1 N–H and O–H groups in total. The van der Waals surface area contributed by atoms with Crippen molar-refractivity contribution in [1.29, 1.82) is 0 Å². The van der Waals surface area contributed by atoms with Gasteiger partial charge < -0.3 is 5.32 Å². The Morgan fingerprint density at radius 2 is 1.75 bits per heavy atom. The Morgan fingerprint density at radius 1 is 1.05 bits per heavy atom. The van der Waals surface area contributed by atoms with Gasteiger partial charge in [-0.15, -0.1) is 0 Å². The van der Waals surface area contributed by atoms with E-state index in [4.69, 9.17) is 0 Å². The first kappa shape index (κ1) is 14.3. The van der Waals surface area contributed by atoms with Gasteiger partial charge in [-0.25, -0.2) is 4.98 Å². The Bertz CT molecular complexity index is 585. The minimum Gasteiger partial charge on any atom is -0.350 e. The third kappa shape index (κ3) is 3.92. The second-order valence-electron chi connectivity index (χ2n) is 6.02. The minimum atomic E-state index is -0.127. The molecule has 3 nitrogen and oxygen atoms in total. The Labute approximate surface area is 120 Å². The number of aromatic nitrogens is 1. The topological polar surface area (TPSA) is 42.0 Å². The van der Waals surface area contributed by atoms with E-state index in [-0.39, 0.29) is 11.3 Å². The molecule has 0 spiro atoms. The van der Waals surface area contributed by atoms with Crippen LogP contribution in [-0.2, 0) is 0 Å². The molecule has 0 bridgehead atoms. The number of nitrogens with zero attached hydrogens (tertiary/aromatic N) is 1. The molecule has 104 valence electrons. The van der Waals surface area contributed by atoms with E-state index in [1.807, 2.05) is 42.5 Å². The lowest BCUT2D eigenvalue weighted by atomic mass is 9.97. The lowest BCUT2D eigenvalue weighted by Crippen LogP contribution is -2.32. The van der Waals surface area contributed by atoms with E-state index in [0.717, 1.165) is 11.3 Å². The minimum absolute atomic E-state index is 0.0622. The van der Waals surface area contributed by atoms with Crippen LogP contribution < -0.4 is 5.32 Å². The van der Waals surface area contributed by atoms with Crippen LogP contribution in [-0.4, -0.2) is 17.4 Å². The van der Waals surface area contributed by atoms with Gasteiger partial charge in [0.2, 0.25) is 0 Å². The van der Waals surface area contributed by atoms with Crippen molar-refractivity contribution in [3.8, 4) is 11.3 Å². The van der Waals surface area contributed by atoms with E-state index in [9.17, 15) is 4.79 Å². The predicted molar refractivity (Wildman–Crippen MR) is 81.5 cm³/mol. The molecular formula is C17H20N2O. The molecule has 20 heavy (non-hydrogen) atoms. The van der Waals surface area contributed by atoms with Crippen molar-refractivity contribution < 1.29 is 4.79 Å². The average molecular weight is 268 g/mol. The summed E-state index contributed by atoms with van der Waals surface area (Å²) in [7, 11) is 0. The number of pyridine rings is 1. The first-order valence-electron chi connectivity index (χ1n) is 6.76. The maximum atomic E-state index is 12.1. The molecule has 1 aromatic heterocycles. The van der Waals surface area contributed by atoms with Crippen LogP contribution in [0.1, 0.15) is 31.3 Å². The van der Waals surface area contributed by atoms with Crippen molar-refractivity contribution in [2.45, 2.75) is 20.8 Å². The molecule has 0 unspecified atom stereocenters. The summed E-state index contributed by atoms with van der Waals surface area (Å²) in [6, 6.07) is 15.4. The van der Waals surface area contributed by atoms with Crippen molar-refractivity contribution >= 4 is 5.91 Å². The Hall–Kier alpha value is -2.16. The highest BCUT2D eigenvalue weighted by Crippen LogP contribution is 2.16. The summed E-state index contributed by atoms with van der Waals surface area (Å²) in [4.78, 5) is 16.5. The lowest BCUT2D eigenvalue weighted by Gasteiger charge is -2.18. The normalized spacial score (nSPS) is 11.2. The van der Waals surface area contributed by atoms with Gasteiger partial charge >= 0.3 is 0 Å². The molecule has 2 rings (SSSR count). The number of nitrogens with one attached hydrogen (secondary N) is 1. The number of hydrogen-bond acceptors (Lipinski definition) is 2. The third-order valence-electron chi connectivity index (χ3n) is 2.83. The molecule has 0 radical (unpaired) electrons. The van der Waals surface area contributed by atoms with E-state index < -0.39 is 0 Å². The number of hydrogen-bond donors (Lipinski definition) is 1. The van der Waals surface area contributed by atoms with Crippen molar-refractivity contribution in [1.82, 2.24) is 10.3 Å². The van der Waals surface area contributed by atoms with E-state index >= 15 is 0 Å². The van der Waals surface area contributed by atoms with Crippen LogP contribution in [0.3, 0.4) is 0 Å². The fraction of sp³-hybridized carbons (Fsp3) is 0.294. The van der Waals surface area contributed by atoms with Gasteiger partial charge in [0, 0.05) is 12.1 Å². The monoisotopic (exact) mass is 268 g/mol. The van der Waals surface area contributed by atoms with Gasteiger partial charge in [-0.3, -0.25) is 4.79 Å². The lowest BCUT2D eigenvalue weighted by molar-refractivity contribution is 0.0934. The zero-order chi connectivity index (χ0) is 14.6. The first-order chi connectivity index (χ1) is 9.46. The molecule has 0 aliphatic heterocycles. The van der Waals surface area contributed by atoms with Crippen molar-refractivity contribution in [3.05, 3.63) is 54.2 Å². The summed E-state index contributed by atoms with van der Waals surface area (Å²) in [6.07, 6.45) is 0. The number of rotatable bonds is 3. The van der Waals surface area contributed by atoms with Crippen LogP contribution in [0.5, 0.6) is 0 Å². The maximum absolute atomic E-state index is 12.1. The predicted octanol–water partition coefficient (Wildman–Crippen LogP) is 3.52. The molecule has 1 heterocycles. The molecule has 0 saturated carbocycles. The van der Waals surface area contributed by atoms with Gasteiger partial charge in [-0.2, -0.15) is 0 Å². The van der Waals surface area contributed by atoms with Crippen LogP contribution in [0.25, 0.3) is 11.3 Å². The fourth-order valence-corrected chi connectivity index (χ4v) is 1.77. The highest BCUT2D eigenvalue weighted by atomic mass is 16.1. The van der Waals surface area contributed by atoms with Crippen LogP contribution in [0.4, 0.5) is 0 Å². The number of carbonyl (C=O) groups is 1. The van der Waals surface area contributed by atoms with Crippen LogP contribution >= 0.6 is 0 Å². The average Bonchev–Trinajstić information content (AvgIpc) is 2.45. The first-order valence-corrected chi connectivity index (χ1v) is 6.76. The van der Waals surface area contributed by atoms with Gasteiger partial charge in [-0.1, -0.05) is 57.2 Å². The van der Waals surface area contributed by atoms with E-state index in [1.54, 1.807) is 6.07 Å². The maximum Gasteiger partial charge on any atom is 0.269 e. The summed E-state index contributed by atoms with van der Waals surface area (Å²) in [5.74, 6) is -0.127. The molecule has 1 amide bonds. The van der Waals surface area contributed by atoms with E-state index in [1.165, 1.54) is 0 Å². The van der Waals surface area contributed by atoms with Gasteiger partial charge in [-0.05, 0) is 17.5 Å². The number of carbonyl (C=O) groups excluding carboxylic acids is 1. The molecule has 0 aliphatic rings. The third-order valence-corrected chi connectivity index (χ3v) is 2.83. The summed E-state index contributed by atoms with van der Waals surface area (Å²) in [6.45, 7) is 6.88. The summed E-state index contributed by atoms with van der Waals surface area (Å²) < 4.78 is 0. The molecule has 0 saturated heterocycles. The summed E-state index contributed by atoms with van der Waals surface area (Å²) in [5, 5.41) is 2.92. The zero-order valence-corrected chi connectivity index (χ0v) is 12.2. The standard InChI is InChI=1S/C17H20N2O/c1-17(2,3)12-18-16(20)15-11-7-10-14(19-15)13-8-5-4-6-9-13/h4-11H,12H2,1-3H3,(H,18,20). The summed E-state index contributed by atoms with van der Waals surface area (Å²) >= 11 is 0. The van der Waals surface area contributed by atoms with Gasteiger partial charge in [0.15, 0.2) is 0 Å². The van der Waals surface area contributed by atoms with Crippen molar-refractivity contribution in [2.24, 2.45) is 5.41 Å². The quantitative estimate of drug-likeness (QED) is 0.925. The van der Waals surface area contributed by atoms with E-state index in [2.05, 4.69) is 31.1 Å². The molecule has 0 fully saturated rings.